The molecule has 1 fully saturated rings. The monoisotopic (exact) mass is 428 g/mol. The maximum atomic E-state index is 13.9. The molecule has 0 aliphatic carbocycles. The van der Waals surface area contributed by atoms with Crippen LogP contribution in [0.1, 0.15) is 34.6 Å². The number of aromatic amines is 1. The van der Waals surface area contributed by atoms with Gasteiger partial charge in [-0.05, 0) is 60.5 Å². The average molecular weight is 428 g/mol. The first-order valence-corrected chi connectivity index (χ1v) is 10.5. The van der Waals surface area contributed by atoms with Gasteiger partial charge in [-0.2, -0.15) is 0 Å². The van der Waals surface area contributed by atoms with Gasteiger partial charge in [0, 0.05) is 36.3 Å². The minimum absolute atomic E-state index is 0.115. The van der Waals surface area contributed by atoms with E-state index in [0.29, 0.717) is 42.0 Å². The number of carbonyl (C=O) groups excluding carboxylic acids is 2. The Labute approximate surface area is 184 Å². The fourth-order valence-electron chi connectivity index (χ4n) is 3.96. The summed E-state index contributed by atoms with van der Waals surface area (Å²) >= 11 is 0. The highest BCUT2D eigenvalue weighted by Crippen LogP contribution is 2.23. The third-order valence-corrected chi connectivity index (χ3v) is 5.62. The van der Waals surface area contributed by atoms with E-state index in [0.717, 1.165) is 23.1 Å². The van der Waals surface area contributed by atoms with Crippen LogP contribution in [-0.4, -0.2) is 28.3 Å². The lowest BCUT2D eigenvalue weighted by Crippen LogP contribution is -2.23. The lowest BCUT2D eigenvalue weighted by Gasteiger charge is -2.15. The minimum atomic E-state index is -0.263. The zero-order valence-electron chi connectivity index (χ0n) is 17.3. The summed E-state index contributed by atoms with van der Waals surface area (Å²) in [5.41, 5.74) is 4.02. The molecule has 2 amide bonds. The van der Waals surface area contributed by atoms with Crippen LogP contribution in [-0.2, 0) is 11.2 Å². The fraction of sp³-hybridized carbons (Fsp3) is 0.160. The number of benzene rings is 3. The molecule has 1 aliphatic heterocycles. The fourth-order valence-corrected chi connectivity index (χ4v) is 3.96. The minimum Gasteiger partial charge on any atom is -0.342 e. The first-order chi connectivity index (χ1) is 15.6. The van der Waals surface area contributed by atoms with Gasteiger partial charge in [0.05, 0.1) is 11.0 Å². The Kier molecular flexibility index (Phi) is 5.15. The molecule has 3 aromatic carbocycles. The number of aromatic nitrogens is 2. The number of carbonyl (C=O) groups is 2. The molecule has 0 radical (unpaired) electrons. The summed E-state index contributed by atoms with van der Waals surface area (Å²) in [6.45, 7) is 0.716. The largest absolute Gasteiger partial charge is 0.342 e. The highest BCUT2D eigenvalue weighted by molar-refractivity contribution is 6.05. The summed E-state index contributed by atoms with van der Waals surface area (Å²) in [5, 5.41) is 2.89. The van der Waals surface area contributed by atoms with Crippen molar-refractivity contribution in [2.24, 2.45) is 0 Å². The number of rotatable bonds is 5. The first kappa shape index (κ1) is 19.9. The van der Waals surface area contributed by atoms with Gasteiger partial charge in [-0.1, -0.05) is 18.2 Å². The molecule has 160 valence electrons. The Morgan fingerprint density at radius 2 is 1.91 bits per heavy atom. The van der Waals surface area contributed by atoms with E-state index < -0.39 is 0 Å². The molecule has 0 unspecified atom stereocenters. The second kappa shape index (κ2) is 8.26. The van der Waals surface area contributed by atoms with Crippen LogP contribution in [0.3, 0.4) is 0 Å². The molecule has 1 aromatic heterocycles. The van der Waals surface area contributed by atoms with Gasteiger partial charge in [0.1, 0.15) is 11.6 Å². The number of halogens is 1. The number of nitrogens with one attached hydrogen (secondary N) is 2. The van der Waals surface area contributed by atoms with Crippen molar-refractivity contribution in [3.05, 3.63) is 89.5 Å². The number of imidazole rings is 1. The van der Waals surface area contributed by atoms with Gasteiger partial charge >= 0.3 is 0 Å². The van der Waals surface area contributed by atoms with Crippen molar-refractivity contribution in [2.75, 3.05) is 16.8 Å². The van der Waals surface area contributed by atoms with Crippen LogP contribution in [0.5, 0.6) is 0 Å². The van der Waals surface area contributed by atoms with Crippen molar-refractivity contribution in [2.45, 2.75) is 19.3 Å². The van der Waals surface area contributed by atoms with Crippen molar-refractivity contribution >= 4 is 34.2 Å². The SMILES string of the molecule is O=C(Nc1ccc2nc(Cc3ccccc3F)[nH]c2c1)c1ccc(N2CCCC2=O)cc1. The number of amides is 2. The predicted octanol–water partition coefficient (Wildman–Crippen LogP) is 4.67. The number of hydrogen-bond donors (Lipinski definition) is 2. The molecule has 2 N–H and O–H groups in total. The van der Waals surface area contributed by atoms with Crippen molar-refractivity contribution in [1.82, 2.24) is 9.97 Å². The molecule has 32 heavy (non-hydrogen) atoms. The summed E-state index contributed by atoms with van der Waals surface area (Å²) < 4.78 is 13.9. The van der Waals surface area contributed by atoms with Gasteiger partial charge in [0.15, 0.2) is 0 Å². The molecule has 0 spiro atoms. The van der Waals surface area contributed by atoms with Crippen LogP contribution in [0, 0.1) is 5.82 Å². The first-order valence-electron chi connectivity index (χ1n) is 10.5. The number of hydrogen-bond acceptors (Lipinski definition) is 3. The van der Waals surface area contributed by atoms with Crippen LogP contribution in [0.4, 0.5) is 15.8 Å². The molecule has 0 atom stereocenters. The molecule has 6 nitrogen and oxygen atoms in total. The van der Waals surface area contributed by atoms with Crippen molar-refractivity contribution < 1.29 is 14.0 Å². The maximum absolute atomic E-state index is 13.9. The van der Waals surface area contributed by atoms with E-state index >= 15 is 0 Å². The maximum Gasteiger partial charge on any atom is 0.255 e. The number of fused-ring (bicyclic) bond motifs is 1. The van der Waals surface area contributed by atoms with Crippen LogP contribution in [0.2, 0.25) is 0 Å². The van der Waals surface area contributed by atoms with Crippen molar-refractivity contribution in [1.29, 1.82) is 0 Å². The Hall–Kier alpha value is -4.00. The molecule has 1 saturated heterocycles. The third kappa shape index (κ3) is 3.97. The van der Waals surface area contributed by atoms with E-state index in [9.17, 15) is 14.0 Å². The summed E-state index contributed by atoms with van der Waals surface area (Å²) in [6, 6.07) is 19.1. The molecule has 1 aliphatic rings. The Bertz CT molecular complexity index is 1310. The molecule has 5 rings (SSSR count). The Balaban J connectivity index is 1.30. The molecule has 0 saturated carbocycles. The Morgan fingerprint density at radius 1 is 1.09 bits per heavy atom. The molecular formula is C25H21FN4O2. The zero-order chi connectivity index (χ0) is 22.1. The highest BCUT2D eigenvalue weighted by Gasteiger charge is 2.21. The van der Waals surface area contributed by atoms with Crippen LogP contribution < -0.4 is 10.2 Å². The number of H-pyrrole nitrogens is 1. The normalized spacial score (nSPS) is 13.7. The smallest absolute Gasteiger partial charge is 0.255 e. The lowest BCUT2D eigenvalue weighted by molar-refractivity contribution is -0.117. The van der Waals surface area contributed by atoms with Crippen LogP contribution in [0.25, 0.3) is 11.0 Å². The second-order valence-corrected chi connectivity index (χ2v) is 7.83. The number of nitrogens with zero attached hydrogens (tertiary/aromatic N) is 2. The van der Waals surface area contributed by atoms with E-state index in [4.69, 9.17) is 0 Å². The summed E-state index contributed by atoms with van der Waals surface area (Å²) in [6.07, 6.45) is 1.79. The average Bonchev–Trinajstić information content (AvgIpc) is 3.40. The lowest BCUT2D eigenvalue weighted by atomic mass is 10.1. The van der Waals surface area contributed by atoms with Gasteiger partial charge < -0.3 is 15.2 Å². The van der Waals surface area contributed by atoms with Crippen molar-refractivity contribution in [3.8, 4) is 0 Å². The van der Waals surface area contributed by atoms with E-state index in [1.54, 1.807) is 53.4 Å². The van der Waals surface area contributed by atoms with Crippen LogP contribution >= 0.6 is 0 Å². The van der Waals surface area contributed by atoms with Gasteiger partial charge in [-0.3, -0.25) is 9.59 Å². The third-order valence-electron chi connectivity index (χ3n) is 5.62. The zero-order valence-corrected chi connectivity index (χ0v) is 17.3. The topological polar surface area (TPSA) is 78.1 Å². The van der Waals surface area contributed by atoms with E-state index in [1.807, 2.05) is 12.1 Å². The van der Waals surface area contributed by atoms with E-state index in [2.05, 4.69) is 15.3 Å². The molecule has 7 heteroatoms. The highest BCUT2D eigenvalue weighted by atomic mass is 19.1. The molecule has 4 aromatic rings. The summed E-state index contributed by atoms with van der Waals surface area (Å²) in [7, 11) is 0. The van der Waals surface area contributed by atoms with Gasteiger partial charge in [0.25, 0.3) is 5.91 Å². The number of anilines is 2. The summed E-state index contributed by atoms with van der Waals surface area (Å²) in [4.78, 5) is 34.0. The van der Waals surface area contributed by atoms with Crippen LogP contribution in [0.15, 0.2) is 66.7 Å². The van der Waals surface area contributed by atoms with Gasteiger partial charge in [0.2, 0.25) is 5.91 Å². The van der Waals surface area contributed by atoms with Crippen molar-refractivity contribution in [3.63, 3.8) is 0 Å². The van der Waals surface area contributed by atoms with Gasteiger partial charge in [-0.25, -0.2) is 9.37 Å². The van der Waals surface area contributed by atoms with Gasteiger partial charge in [-0.15, -0.1) is 0 Å². The van der Waals surface area contributed by atoms with E-state index in [1.165, 1.54) is 6.07 Å². The second-order valence-electron chi connectivity index (χ2n) is 7.83. The Morgan fingerprint density at radius 3 is 2.66 bits per heavy atom. The molecule has 2 heterocycles. The predicted molar refractivity (Wildman–Crippen MR) is 121 cm³/mol. The quantitative estimate of drug-likeness (QED) is 0.485. The van der Waals surface area contributed by atoms with E-state index in [-0.39, 0.29) is 17.6 Å². The standard InChI is InChI=1S/C25H21FN4O2/c26-20-5-2-1-4-17(20)14-23-28-21-12-9-18(15-22(21)29-23)27-25(32)16-7-10-19(11-8-16)30-13-3-6-24(30)31/h1-2,4-5,7-12,15H,3,6,13-14H2,(H,27,32)(H,28,29). The summed E-state index contributed by atoms with van der Waals surface area (Å²) in [5.74, 6) is 0.265. The molecular weight excluding hydrogens is 407 g/mol. The molecule has 0 bridgehead atoms.